The van der Waals surface area contributed by atoms with Gasteiger partial charge in [-0.3, -0.25) is 14.4 Å². The van der Waals surface area contributed by atoms with Crippen molar-refractivity contribution in [3.63, 3.8) is 0 Å². The number of unbranched alkanes of at least 4 members (excludes halogenated alkanes) is 14. The molecule has 0 aliphatic rings. The van der Waals surface area contributed by atoms with Crippen molar-refractivity contribution in [2.75, 3.05) is 13.2 Å². The Balaban J connectivity index is 4.57. The van der Waals surface area contributed by atoms with Crippen LogP contribution in [0.2, 0.25) is 0 Å². The smallest absolute Gasteiger partial charge is 0.309 e. The van der Waals surface area contributed by atoms with Gasteiger partial charge in [0.1, 0.15) is 13.2 Å². The summed E-state index contributed by atoms with van der Waals surface area (Å²) < 4.78 is 16.6. The maximum Gasteiger partial charge on any atom is 0.309 e. The second-order valence-electron chi connectivity index (χ2n) is 14.9. The monoisotopic (exact) mass is 805 g/mol. The maximum atomic E-state index is 12.7. The van der Waals surface area contributed by atoms with E-state index in [2.05, 4.69) is 106 Å². The van der Waals surface area contributed by atoms with Crippen LogP contribution in [0, 0.1) is 0 Å². The van der Waals surface area contributed by atoms with Gasteiger partial charge in [-0.25, -0.2) is 0 Å². The SMILES string of the molecule is CC/C=C\C/C=C\C/C=C\C/C=C\C/C=C\CC(=O)OCC(COC(=O)CCCCCCCCCCCCCC)OC(=O)CCCCC/C=C\C/C=C\C/C=C\CC. The molecular formula is C52H84O6. The molecule has 0 amide bonds. The molecule has 0 aromatic rings. The van der Waals surface area contributed by atoms with Crippen molar-refractivity contribution in [2.45, 2.75) is 200 Å². The van der Waals surface area contributed by atoms with E-state index in [9.17, 15) is 14.4 Å². The quantitative estimate of drug-likeness (QED) is 0.0266. The van der Waals surface area contributed by atoms with E-state index in [1.807, 2.05) is 6.08 Å². The lowest BCUT2D eigenvalue weighted by atomic mass is 10.0. The number of hydrogen-bond donors (Lipinski definition) is 0. The van der Waals surface area contributed by atoms with Gasteiger partial charge in [-0.1, -0.05) is 195 Å². The Bertz CT molecular complexity index is 1200. The van der Waals surface area contributed by atoms with Gasteiger partial charge in [-0.15, -0.1) is 0 Å². The summed E-state index contributed by atoms with van der Waals surface area (Å²) in [5.74, 6) is -1.09. The molecule has 328 valence electrons. The minimum atomic E-state index is -0.829. The van der Waals surface area contributed by atoms with Gasteiger partial charge in [0.2, 0.25) is 0 Å². The summed E-state index contributed by atoms with van der Waals surface area (Å²) in [5.41, 5.74) is 0. The predicted molar refractivity (Wildman–Crippen MR) is 247 cm³/mol. The van der Waals surface area contributed by atoms with Crippen molar-refractivity contribution in [3.8, 4) is 0 Å². The van der Waals surface area contributed by atoms with Crippen LogP contribution in [0.1, 0.15) is 194 Å². The van der Waals surface area contributed by atoms with Gasteiger partial charge in [0.05, 0.1) is 6.42 Å². The summed E-state index contributed by atoms with van der Waals surface area (Å²) >= 11 is 0. The lowest BCUT2D eigenvalue weighted by Gasteiger charge is -2.18. The normalized spacial score (nSPS) is 12.9. The topological polar surface area (TPSA) is 78.9 Å². The highest BCUT2D eigenvalue weighted by Gasteiger charge is 2.19. The van der Waals surface area contributed by atoms with Crippen LogP contribution in [0.15, 0.2) is 97.2 Å². The molecule has 0 bridgehead atoms. The number of ether oxygens (including phenoxy) is 3. The molecule has 1 unspecified atom stereocenters. The lowest BCUT2D eigenvalue weighted by molar-refractivity contribution is -0.166. The van der Waals surface area contributed by atoms with E-state index < -0.39 is 12.1 Å². The van der Waals surface area contributed by atoms with Crippen molar-refractivity contribution in [3.05, 3.63) is 97.2 Å². The molecule has 6 nitrogen and oxygen atoms in total. The lowest BCUT2D eigenvalue weighted by Crippen LogP contribution is -2.30. The van der Waals surface area contributed by atoms with Crippen LogP contribution < -0.4 is 0 Å². The van der Waals surface area contributed by atoms with Gasteiger partial charge in [-0.05, 0) is 77.0 Å². The van der Waals surface area contributed by atoms with Gasteiger partial charge in [0.25, 0.3) is 0 Å². The third-order valence-corrected chi connectivity index (χ3v) is 9.37. The minimum Gasteiger partial charge on any atom is -0.462 e. The van der Waals surface area contributed by atoms with Crippen molar-refractivity contribution < 1.29 is 28.6 Å². The molecule has 1 atom stereocenters. The molecule has 0 fully saturated rings. The first-order valence-corrected chi connectivity index (χ1v) is 23.2. The highest BCUT2D eigenvalue weighted by molar-refractivity contribution is 5.72. The summed E-state index contributed by atoms with van der Waals surface area (Å²) in [4.78, 5) is 37.7. The fourth-order valence-corrected chi connectivity index (χ4v) is 5.94. The average molecular weight is 805 g/mol. The number of hydrogen-bond acceptors (Lipinski definition) is 6. The zero-order valence-corrected chi connectivity index (χ0v) is 37.3. The zero-order chi connectivity index (χ0) is 42.3. The molecule has 0 aliphatic carbocycles. The third-order valence-electron chi connectivity index (χ3n) is 9.37. The average Bonchev–Trinajstić information content (AvgIpc) is 3.22. The van der Waals surface area contributed by atoms with Gasteiger partial charge in [0.15, 0.2) is 6.10 Å². The highest BCUT2D eigenvalue weighted by Crippen LogP contribution is 2.13. The Morgan fingerprint density at radius 2 is 0.741 bits per heavy atom. The van der Waals surface area contributed by atoms with Gasteiger partial charge < -0.3 is 14.2 Å². The molecule has 0 aromatic heterocycles. The molecular weight excluding hydrogens is 721 g/mol. The Kier molecular flexibility index (Phi) is 43.1. The summed E-state index contributed by atoms with van der Waals surface area (Å²) in [6.07, 6.45) is 59.8. The first-order chi connectivity index (χ1) is 28.5. The molecule has 6 heteroatoms. The first kappa shape index (κ1) is 54.3. The summed E-state index contributed by atoms with van der Waals surface area (Å²) in [6.45, 7) is 6.27. The van der Waals surface area contributed by atoms with E-state index in [0.717, 1.165) is 89.9 Å². The Hall–Kier alpha value is -3.67. The molecule has 0 spiro atoms. The Labute approximate surface area is 356 Å². The summed E-state index contributed by atoms with van der Waals surface area (Å²) in [5, 5.41) is 0. The molecule has 0 rings (SSSR count). The van der Waals surface area contributed by atoms with E-state index in [1.54, 1.807) is 6.08 Å². The van der Waals surface area contributed by atoms with E-state index in [-0.39, 0.29) is 38.0 Å². The molecule has 0 aromatic carbocycles. The Morgan fingerprint density at radius 3 is 1.21 bits per heavy atom. The molecule has 0 saturated heterocycles. The van der Waals surface area contributed by atoms with Crippen LogP contribution in [0.5, 0.6) is 0 Å². The fraction of sp³-hybridized carbons (Fsp3) is 0.635. The van der Waals surface area contributed by atoms with Gasteiger partial charge in [-0.2, -0.15) is 0 Å². The van der Waals surface area contributed by atoms with E-state index in [1.165, 1.54) is 57.8 Å². The third kappa shape index (κ3) is 43.5. The van der Waals surface area contributed by atoms with E-state index >= 15 is 0 Å². The molecule has 58 heavy (non-hydrogen) atoms. The Morgan fingerprint density at radius 1 is 0.379 bits per heavy atom. The molecule has 0 saturated carbocycles. The van der Waals surface area contributed by atoms with Crippen LogP contribution >= 0.6 is 0 Å². The van der Waals surface area contributed by atoms with E-state index in [0.29, 0.717) is 12.8 Å². The van der Waals surface area contributed by atoms with Gasteiger partial charge in [0, 0.05) is 12.8 Å². The second kappa shape index (κ2) is 46.0. The fourth-order valence-electron chi connectivity index (χ4n) is 5.94. The second-order valence-corrected chi connectivity index (χ2v) is 14.9. The zero-order valence-electron chi connectivity index (χ0n) is 37.3. The standard InChI is InChI=1S/C52H84O6/c1-4-7-10-13-16-19-22-25-26-28-30-33-36-39-42-45-51(54)57-48-49(47-56-50(53)44-41-38-35-32-29-24-21-18-15-12-9-6-3)58-52(55)46-43-40-37-34-31-27-23-20-17-14-11-8-5-2/h7-8,10-11,16-17,19-20,25-27,30-31,33,39,42,49H,4-6,9,12-15,18,21-24,28-29,32,34-38,40-41,43-48H2,1-3H3/b10-7-,11-8-,19-16-,20-17-,26-25-,31-27-,33-30-,42-39-. The van der Waals surface area contributed by atoms with Crippen LogP contribution in [0.3, 0.4) is 0 Å². The van der Waals surface area contributed by atoms with Crippen LogP contribution in [0.4, 0.5) is 0 Å². The first-order valence-electron chi connectivity index (χ1n) is 23.2. The number of rotatable bonds is 40. The van der Waals surface area contributed by atoms with Crippen molar-refractivity contribution in [2.24, 2.45) is 0 Å². The van der Waals surface area contributed by atoms with Crippen LogP contribution in [-0.4, -0.2) is 37.2 Å². The highest BCUT2D eigenvalue weighted by atomic mass is 16.6. The van der Waals surface area contributed by atoms with Crippen molar-refractivity contribution in [1.29, 1.82) is 0 Å². The number of carbonyl (C=O) groups is 3. The van der Waals surface area contributed by atoms with Crippen molar-refractivity contribution >= 4 is 17.9 Å². The maximum absolute atomic E-state index is 12.7. The van der Waals surface area contributed by atoms with E-state index in [4.69, 9.17) is 14.2 Å². The van der Waals surface area contributed by atoms with Gasteiger partial charge >= 0.3 is 17.9 Å². The van der Waals surface area contributed by atoms with Crippen LogP contribution in [0.25, 0.3) is 0 Å². The predicted octanol–water partition coefficient (Wildman–Crippen LogP) is 15.0. The molecule has 0 heterocycles. The van der Waals surface area contributed by atoms with Crippen LogP contribution in [-0.2, 0) is 28.6 Å². The molecule has 0 radical (unpaired) electrons. The number of carbonyl (C=O) groups excluding carboxylic acids is 3. The summed E-state index contributed by atoms with van der Waals surface area (Å²) in [7, 11) is 0. The van der Waals surface area contributed by atoms with Crippen molar-refractivity contribution in [1.82, 2.24) is 0 Å². The summed E-state index contributed by atoms with van der Waals surface area (Å²) in [6, 6.07) is 0. The largest absolute Gasteiger partial charge is 0.462 e. The molecule has 0 N–H and O–H groups in total. The number of allylic oxidation sites excluding steroid dienone is 15. The molecule has 0 aliphatic heterocycles. The number of esters is 3. The minimum absolute atomic E-state index is 0.119.